The van der Waals surface area contributed by atoms with Crippen LogP contribution in [0.15, 0.2) is 0 Å². The van der Waals surface area contributed by atoms with Gasteiger partial charge in [-0.15, -0.1) is 0 Å². The van der Waals surface area contributed by atoms with E-state index >= 15 is 0 Å². The van der Waals surface area contributed by atoms with Crippen LogP contribution in [-0.2, 0) is 4.79 Å². The number of halogens is 5. The molecular weight excluding hydrogens is 331 g/mol. The summed E-state index contributed by atoms with van der Waals surface area (Å²) in [6.07, 6.45) is -3.11. The smallest absolute Gasteiger partial charge is 0.346 e. The van der Waals surface area contributed by atoms with E-state index in [1.807, 2.05) is 0 Å². The zero-order valence-corrected chi connectivity index (χ0v) is 10.4. The van der Waals surface area contributed by atoms with Gasteiger partial charge in [0.2, 0.25) is 5.91 Å². The van der Waals surface area contributed by atoms with Gasteiger partial charge in [-0.2, -0.15) is 13.2 Å². The van der Waals surface area contributed by atoms with Crippen LogP contribution in [0.3, 0.4) is 0 Å². The van der Waals surface area contributed by atoms with Gasteiger partial charge in [-0.1, -0.05) is 31.9 Å². The van der Waals surface area contributed by atoms with E-state index in [1.165, 1.54) is 0 Å². The molecule has 14 heavy (non-hydrogen) atoms. The minimum absolute atomic E-state index is 0.509. The van der Waals surface area contributed by atoms with Gasteiger partial charge < -0.3 is 5.32 Å². The molecule has 0 aromatic heterocycles. The number of carbonyl (C=O) groups excluding carboxylic acids is 1. The lowest BCUT2D eigenvalue weighted by Gasteiger charge is -2.11. The van der Waals surface area contributed by atoms with E-state index in [4.69, 9.17) is 0 Å². The standard InChI is InChI=1S/C7H10Br2F3NO/c8-3-1-2-5(9)6(14)13-4-7(10,11)12/h5H,1-4H2,(H,13,14)/t5-/m1/s1. The Balaban J connectivity index is 3.73. The highest BCUT2D eigenvalue weighted by molar-refractivity contribution is 9.10. The predicted octanol–water partition coefficient (Wildman–Crippen LogP) is 2.60. The largest absolute Gasteiger partial charge is 0.405 e. The molecule has 0 fully saturated rings. The molecule has 84 valence electrons. The molecule has 1 N–H and O–H groups in total. The third kappa shape index (κ3) is 7.61. The minimum Gasteiger partial charge on any atom is -0.346 e. The Kier molecular flexibility index (Phi) is 6.76. The predicted molar refractivity (Wildman–Crippen MR) is 54.8 cm³/mol. The van der Waals surface area contributed by atoms with Gasteiger partial charge in [-0.25, -0.2) is 0 Å². The topological polar surface area (TPSA) is 29.1 Å². The lowest BCUT2D eigenvalue weighted by Crippen LogP contribution is -2.38. The van der Waals surface area contributed by atoms with Crippen molar-refractivity contribution in [3.63, 3.8) is 0 Å². The zero-order valence-electron chi connectivity index (χ0n) is 7.20. The Bertz CT molecular complexity index is 186. The summed E-state index contributed by atoms with van der Waals surface area (Å²) in [6, 6.07) is 0. The van der Waals surface area contributed by atoms with Gasteiger partial charge >= 0.3 is 6.18 Å². The molecule has 0 aromatic carbocycles. The third-order valence-corrected chi connectivity index (χ3v) is 2.77. The van der Waals surface area contributed by atoms with E-state index in [1.54, 1.807) is 5.32 Å². The number of rotatable bonds is 5. The van der Waals surface area contributed by atoms with Gasteiger partial charge in [0, 0.05) is 5.33 Å². The van der Waals surface area contributed by atoms with Gasteiger partial charge in [-0.3, -0.25) is 4.79 Å². The van der Waals surface area contributed by atoms with Crippen molar-refractivity contribution in [1.82, 2.24) is 5.32 Å². The summed E-state index contributed by atoms with van der Waals surface area (Å²) in [4.78, 5) is 10.5. The third-order valence-electron chi connectivity index (χ3n) is 1.34. The summed E-state index contributed by atoms with van der Waals surface area (Å²) in [5, 5.41) is 2.53. The second-order valence-corrected chi connectivity index (χ2v) is 4.53. The highest BCUT2D eigenvalue weighted by Gasteiger charge is 2.28. The summed E-state index contributed by atoms with van der Waals surface area (Å²) in [5.41, 5.74) is 0. The van der Waals surface area contributed by atoms with Gasteiger partial charge in [0.05, 0.1) is 4.83 Å². The monoisotopic (exact) mass is 339 g/mol. The van der Waals surface area contributed by atoms with Crippen molar-refractivity contribution in [2.45, 2.75) is 23.8 Å². The molecule has 0 rings (SSSR count). The number of carbonyl (C=O) groups is 1. The van der Waals surface area contributed by atoms with Crippen LogP contribution >= 0.6 is 31.9 Å². The fourth-order valence-corrected chi connectivity index (χ4v) is 1.49. The molecule has 0 heterocycles. The van der Waals surface area contributed by atoms with Crippen molar-refractivity contribution in [1.29, 1.82) is 0 Å². The van der Waals surface area contributed by atoms with Crippen LogP contribution in [0.1, 0.15) is 12.8 Å². The highest BCUT2D eigenvalue weighted by Crippen LogP contribution is 2.14. The number of amides is 1. The molecule has 0 radical (unpaired) electrons. The van der Waals surface area contributed by atoms with Crippen molar-refractivity contribution in [2.75, 3.05) is 11.9 Å². The van der Waals surface area contributed by atoms with Crippen molar-refractivity contribution < 1.29 is 18.0 Å². The summed E-state index contributed by atoms with van der Waals surface area (Å²) < 4.78 is 35.1. The Hall–Kier alpha value is 0.220. The highest BCUT2D eigenvalue weighted by atomic mass is 79.9. The SMILES string of the molecule is O=C(NCC(F)(F)F)[C@H](Br)CCCBr. The fraction of sp³-hybridized carbons (Fsp3) is 0.857. The molecule has 7 heteroatoms. The number of hydrogen-bond donors (Lipinski definition) is 1. The molecule has 0 aliphatic rings. The van der Waals surface area contributed by atoms with Crippen LogP contribution in [0, 0.1) is 0 Å². The van der Waals surface area contributed by atoms with E-state index < -0.39 is 23.5 Å². The van der Waals surface area contributed by atoms with E-state index in [0.29, 0.717) is 6.42 Å². The van der Waals surface area contributed by atoms with E-state index in [-0.39, 0.29) is 0 Å². The summed E-state index contributed by atoms with van der Waals surface area (Å²) in [5.74, 6) is -0.622. The van der Waals surface area contributed by atoms with Gasteiger partial charge in [0.15, 0.2) is 0 Å². The molecular formula is C7H10Br2F3NO. The average molecular weight is 341 g/mol. The zero-order chi connectivity index (χ0) is 11.2. The van der Waals surface area contributed by atoms with Crippen LogP contribution in [0.5, 0.6) is 0 Å². The second kappa shape index (κ2) is 6.66. The lowest BCUT2D eigenvalue weighted by atomic mass is 10.2. The molecule has 0 saturated carbocycles. The molecule has 1 amide bonds. The maximum atomic E-state index is 11.7. The molecule has 0 aliphatic carbocycles. The van der Waals surface area contributed by atoms with Crippen molar-refractivity contribution in [2.24, 2.45) is 0 Å². The van der Waals surface area contributed by atoms with Crippen LogP contribution in [0.2, 0.25) is 0 Å². The maximum Gasteiger partial charge on any atom is 0.405 e. The quantitative estimate of drug-likeness (QED) is 0.766. The summed E-state index contributed by atoms with van der Waals surface area (Å²) in [6.45, 7) is -1.28. The van der Waals surface area contributed by atoms with E-state index in [2.05, 4.69) is 31.9 Å². The molecule has 1 atom stereocenters. The first-order chi connectivity index (χ1) is 6.37. The van der Waals surface area contributed by atoms with Crippen molar-refractivity contribution in [3.8, 4) is 0 Å². The first-order valence-corrected chi connectivity index (χ1v) is 5.95. The van der Waals surface area contributed by atoms with Crippen LogP contribution in [0.25, 0.3) is 0 Å². The summed E-state index contributed by atoms with van der Waals surface area (Å²) >= 11 is 6.18. The number of hydrogen-bond acceptors (Lipinski definition) is 1. The molecule has 0 saturated heterocycles. The van der Waals surface area contributed by atoms with E-state index in [0.717, 1.165) is 11.8 Å². The first-order valence-electron chi connectivity index (χ1n) is 3.91. The molecule has 0 bridgehead atoms. The molecule has 0 aliphatic heterocycles. The molecule has 0 aromatic rings. The van der Waals surface area contributed by atoms with Crippen LogP contribution in [0.4, 0.5) is 13.2 Å². The van der Waals surface area contributed by atoms with E-state index in [9.17, 15) is 18.0 Å². The maximum absolute atomic E-state index is 11.7. The number of alkyl halides is 5. The second-order valence-electron chi connectivity index (χ2n) is 2.63. The first kappa shape index (κ1) is 14.2. The van der Waals surface area contributed by atoms with Crippen molar-refractivity contribution in [3.05, 3.63) is 0 Å². The molecule has 0 spiro atoms. The fourth-order valence-electron chi connectivity index (χ4n) is 0.686. The summed E-state index contributed by atoms with van der Waals surface area (Å²) in [7, 11) is 0. The van der Waals surface area contributed by atoms with Crippen LogP contribution in [-0.4, -0.2) is 28.8 Å². The van der Waals surface area contributed by atoms with Gasteiger partial charge in [0.1, 0.15) is 6.54 Å². The number of nitrogens with one attached hydrogen (secondary N) is 1. The average Bonchev–Trinajstić information content (AvgIpc) is 2.09. The van der Waals surface area contributed by atoms with Gasteiger partial charge in [-0.05, 0) is 12.8 Å². The lowest BCUT2D eigenvalue weighted by molar-refractivity contribution is -0.138. The Morgan fingerprint density at radius 3 is 2.43 bits per heavy atom. The van der Waals surface area contributed by atoms with Crippen molar-refractivity contribution >= 4 is 37.8 Å². The normalized spacial score (nSPS) is 13.8. The molecule has 0 unspecified atom stereocenters. The Labute approximate surface area is 96.9 Å². The van der Waals surface area contributed by atoms with Gasteiger partial charge in [0.25, 0.3) is 0 Å². The Morgan fingerprint density at radius 2 is 2.00 bits per heavy atom. The Morgan fingerprint density at radius 1 is 1.43 bits per heavy atom. The van der Waals surface area contributed by atoms with Crippen LogP contribution < -0.4 is 5.32 Å². The minimum atomic E-state index is -4.35. The molecule has 2 nitrogen and oxygen atoms in total.